The van der Waals surface area contributed by atoms with Crippen molar-refractivity contribution in [3.63, 3.8) is 0 Å². The van der Waals surface area contributed by atoms with E-state index >= 15 is 0 Å². The first-order chi connectivity index (χ1) is 12.1. The molecule has 0 fully saturated rings. The van der Waals surface area contributed by atoms with Crippen LogP contribution in [0.4, 0.5) is 0 Å². The average molecular weight is 339 g/mol. The van der Waals surface area contributed by atoms with Crippen molar-refractivity contribution in [2.45, 2.75) is 45.8 Å². The van der Waals surface area contributed by atoms with Crippen LogP contribution in [0, 0.1) is 0 Å². The van der Waals surface area contributed by atoms with Crippen LogP contribution >= 0.6 is 0 Å². The van der Waals surface area contributed by atoms with Gasteiger partial charge in [0, 0.05) is 31.9 Å². The summed E-state index contributed by atoms with van der Waals surface area (Å²) in [5.74, 6) is -0.167. The zero-order valence-electron chi connectivity index (χ0n) is 14.8. The van der Waals surface area contributed by atoms with Crippen molar-refractivity contribution in [2.75, 3.05) is 0 Å². The van der Waals surface area contributed by atoms with E-state index < -0.39 is 6.04 Å². The topological polar surface area (TPSA) is 62.3 Å². The molecule has 2 aromatic rings. The van der Waals surface area contributed by atoms with E-state index in [0.717, 1.165) is 17.5 Å². The van der Waals surface area contributed by atoms with E-state index in [-0.39, 0.29) is 11.8 Å². The smallest absolute Gasteiger partial charge is 0.242 e. The number of nitrogens with one attached hydrogen (secondary N) is 1. The molecule has 5 nitrogen and oxygen atoms in total. The molecule has 1 N–H and O–H groups in total. The van der Waals surface area contributed by atoms with Gasteiger partial charge in [-0.05, 0) is 30.5 Å². The Kier molecular flexibility index (Phi) is 7.14. The van der Waals surface area contributed by atoms with Crippen LogP contribution < -0.4 is 5.32 Å². The Balaban J connectivity index is 2.04. The molecule has 0 radical (unpaired) electrons. The molecule has 1 atom stereocenters. The number of carbonyl (C=O) groups excluding carboxylic acids is 2. The molecule has 0 saturated carbocycles. The summed E-state index contributed by atoms with van der Waals surface area (Å²) in [4.78, 5) is 30.7. The van der Waals surface area contributed by atoms with Gasteiger partial charge in [0.15, 0.2) is 0 Å². The van der Waals surface area contributed by atoms with E-state index in [0.29, 0.717) is 19.5 Å². The largest absolute Gasteiger partial charge is 0.350 e. The van der Waals surface area contributed by atoms with Crippen molar-refractivity contribution in [2.24, 2.45) is 0 Å². The predicted octanol–water partition coefficient (Wildman–Crippen LogP) is 2.92. The predicted molar refractivity (Wildman–Crippen MR) is 97.4 cm³/mol. The first kappa shape index (κ1) is 18.6. The van der Waals surface area contributed by atoms with Crippen molar-refractivity contribution >= 4 is 11.8 Å². The normalized spacial score (nSPS) is 11.6. The maximum absolute atomic E-state index is 12.5. The molecule has 1 heterocycles. The van der Waals surface area contributed by atoms with Crippen LogP contribution in [-0.4, -0.2) is 27.7 Å². The number of aromatic nitrogens is 1. The van der Waals surface area contributed by atoms with Gasteiger partial charge in [-0.15, -0.1) is 0 Å². The van der Waals surface area contributed by atoms with E-state index in [1.807, 2.05) is 49.4 Å². The molecular formula is C20H25N3O2. The van der Waals surface area contributed by atoms with Gasteiger partial charge in [-0.1, -0.05) is 43.3 Å². The van der Waals surface area contributed by atoms with E-state index in [1.54, 1.807) is 24.2 Å². The lowest BCUT2D eigenvalue weighted by atomic mass is 10.1. The highest BCUT2D eigenvalue weighted by atomic mass is 16.2. The second kappa shape index (κ2) is 9.57. The van der Waals surface area contributed by atoms with E-state index in [1.165, 1.54) is 0 Å². The Morgan fingerprint density at radius 3 is 2.48 bits per heavy atom. The van der Waals surface area contributed by atoms with Gasteiger partial charge in [-0.3, -0.25) is 14.6 Å². The number of rotatable bonds is 8. The van der Waals surface area contributed by atoms with Crippen molar-refractivity contribution < 1.29 is 9.59 Å². The number of nitrogens with zero attached hydrogens (tertiary/aromatic N) is 2. The van der Waals surface area contributed by atoms with E-state index in [4.69, 9.17) is 0 Å². The SMILES string of the molecule is CCCC(=O)N(Cc1ccccc1)[C@H](C)C(=O)NCc1cccnc1. The molecule has 0 spiro atoms. The summed E-state index contributed by atoms with van der Waals surface area (Å²) in [7, 11) is 0. The van der Waals surface area contributed by atoms with E-state index in [9.17, 15) is 9.59 Å². The first-order valence-corrected chi connectivity index (χ1v) is 8.61. The summed E-state index contributed by atoms with van der Waals surface area (Å²) in [6.07, 6.45) is 4.61. The zero-order valence-corrected chi connectivity index (χ0v) is 14.8. The van der Waals surface area contributed by atoms with Crippen LogP contribution in [0.25, 0.3) is 0 Å². The fourth-order valence-corrected chi connectivity index (χ4v) is 2.56. The van der Waals surface area contributed by atoms with Crippen molar-refractivity contribution in [3.05, 3.63) is 66.0 Å². The molecule has 0 aliphatic rings. The van der Waals surface area contributed by atoms with Crippen LogP contribution in [0.2, 0.25) is 0 Å². The molecule has 2 amide bonds. The van der Waals surface area contributed by atoms with Gasteiger partial charge in [0.25, 0.3) is 0 Å². The molecular weight excluding hydrogens is 314 g/mol. The molecule has 0 saturated heterocycles. The summed E-state index contributed by atoms with van der Waals surface area (Å²) >= 11 is 0. The van der Waals surface area contributed by atoms with Gasteiger partial charge in [-0.25, -0.2) is 0 Å². The number of pyridine rings is 1. The third-order valence-corrected chi connectivity index (χ3v) is 4.02. The molecule has 0 aliphatic heterocycles. The summed E-state index contributed by atoms with van der Waals surface area (Å²) in [6, 6.07) is 12.9. The van der Waals surface area contributed by atoms with Gasteiger partial charge >= 0.3 is 0 Å². The van der Waals surface area contributed by atoms with Gasteiger partial charge in [0.05, 0.1) is 0 Å². The Hall–Kier alpha value is -2.69. The lowest BCUT2D eigenvalue weighted by Crippen LogP contribution is -2.47. The quantitative estimate of drug-likeness (QED) is 0.804. The minimum atomic E-state index is -0.532. The highest BCUT2D eigenvalue weighted by Crippen LogP contribution is 2.12. The van der Waals surface area contributed by atoms with Gasteiger partial charge in [0.2, 0.25) is 11.8 Å². The highest BCUT2D eigenvalue weighted by Gasteiger charge is 2.25. The van der Waals surface area contributed by atoms with Crippen molar-refractivity contribution in [3.8, 4) is 0 Å². The Morgan fingerprint density at radius 2 is 1.84 bits per heavy atom. The molecule has 0 unspecified atom stereocenters. The van der Waals surface area contributed by atoms with Crippen LogP contribution in [0.1, 0.15) is 37.8 Å². The zero-order chi connectivity index (χ0) is 18.1. The lowest BCUT2D eigenvalue weighted by Gasteiger charge is -2.28. The van der Waals surface area contributed by atoms with Crippen molar-refractivity contribution in [1.82, 2.24) is 15.2 Å². The standard InChI is InChI=1S/C20H25N3O2/c1-3-8-19(24)23(15-17-9-5-4-6-10-17)16(2)20(25)22-14-18-11-7-12-21-13-18/h4-7,9-13,16H,3,8,14-15H2,1-2H3,(H,22,25)/t16-/m1/s1. The summed E-state index contributed by atoms with van der Waals surface area (Å²) in [5.41, 5.74) is 1.94. The van der Waals surface area contributed by atoms with Gasteiger partial charge in [0.1, 0.15) is 6.04 Å². The van der Waals surface area contributed by atoms with Gasteiger partial charge < -0.3 is 10.2 Å². The maximum atomic E-state index is 12.5. The fourth-order valence-electron chi connectivity index (χ4n) is 2.56. The average Bonchev–Trinajstić information content (AvgIpc) is 2.65. The first-order valence-electron chi connectivity index (χ1n) is 8.61. The highest BCUT2D eigenvalue weighted by molar-refractivity contribution is 5.87. The molecule has 5 heteroatoms. The lowest BCUT2D eigenvalue weighted by molar-refractivity contribution is -0.140. The minimum absolute atomic E-state index is 0.00428. The maximum Gasteiger partial charge on any atom is 0.242 e. The molecule has 2 rings (SSSR count). The number of hydrogen-bond donors (Lipinski definition) is 1. The van der Waals surface area contributed by atoms with E-state index in [2.05, 4.69) is 10.3 Å². The third-order valence-electron chi connectivity index (χ3n) is 4.02. The van der Waals surface area contributed by atoms with Crippen LogP contribution in [-0.2, 0) is 22.7 Å². The van der Waals surface area contributed by atoms with Crippen LogP contribution in [0.3, 0.4) is 0 Å². The summed E-state index contributed by atoms with van der Waals surface area (Å²) < 4.78 is 0. The molecule has 0 bridgehead atoms. The Bertz CT molecular complexity index is 674. The number of amides is 2. The second-order valence-electron chi connectivity index (χ2n) is 6.01. The molecule has 1 aromatic heterocycles. The number of benzene rings is 1. The minimum Gasteiger partial charge on any atom is -0.350 e. The molecule has 1 aromatic carbocycles. The fraction of sp³-hybridized carbons (Fsp3) is 0.350. The molecule has 0 aliphatic carbocycles. The molecule has 132 valence electrons. The van der Waals surface area contributed by atoms with Gasteiger partial charge in [-0.2, -0.15) is 0 Å². The second-order valence-corrected chi connectivity index (χ2v) is 6.01. The van der Waals surface area contributed by atoms with Crippen LogP contribution in [0.5, 0.6) is 0 Å². The monoisotopic (exact) mass is 339 g/mol. The molecule has 25 heavy (non-hydrogen) atoms. The summed E-state index contributed by atoms with van der Waals surface area (Å²) in [6.45, 7) is 4.57. The third kappa shape index (κ3) is 5.71. The summed E-state index contributed by atoms with van der Waals surface area (Å²) in [5, 5.41) is 2.89. The van der Waals surface area contributed by atoms with Crippen LogP contribution in [0.15, 0.2) is 54.9 Å². The number of carbonyl (C=O) groups is 2. The van der Waals surface area contributed by atoms with Crippen molar-refractivity contribution in [1.29, 1.82) is 0 Å². The Labute approximate surface area is 149 Å². The number of hydrogen-bond acceptors (Lipinski definition) is 3. The Morgan fingerprint density at radius 1 is 1.12 bits per heavy atom.